The summed E-state index contributed by atoms with van der Waals surface area (Å²) in [5.41, 5.74) is 1.51. The summed E-state index contributed by atoms with van der Waals surface area (Å²) >= 11 is 17.5. The number of oxime groups is 1. The molecule has 0 aromatic heterocycles. The Bertz CT molecular complexity index is 703. The largest absolute Gasteiger partial charge is 0.391 e. The maximum absolute atomic E-state index is 11.7. The maximum atomic E-state index is 11.7. The molecule has 0 heterocycles. The first-order valence-electron chi connectivity index (χ1n) is 6.68. The molecular weight excluding hydrogens is 359 g/mol. The van der Waals surface area contributed by atoms with Crippen molar-refractivity contribution in [1.29, 1.82) is 0 Å². The Morgan fingerprint density at radius 1 is 1.09 bits per heavy atom. The number of hydrogen-bond acceptors (Lipinski definition) is 3. The molecule has 1 amide bonds. The minimum atomic E-state index is -0.200. The predicted octanol–water partition coefficient (Wildman–Crippen LogP) is 5.18. The molecule has 0 aliphatic rings. The number of nitrogens with one attached hydrogen (secondary N) is 1. The number of benzene rings is 2. The second-order valence-electron chi connectivity index (χ2n) is 4.57. The molecule has 0 saturated carbocycles. The van der Waals surface area contributed by atoms with E-state index in [0.717, 1.165) is 5.56 Å². The fraction of sp³-hybridized carbons (Fsp3) is 0.125. The van der Waals surface area contributed by atoms with E-state index in [9.17, 15) is 4.79 Å². The lowest BCUT2D eigenvalue weighted by molar-refractivity contribution is -0.115. The molecule has 2 aromatic rings. The highest BCUT2D eigenvalue weighted by Crippen LogP contribution is 2.22. The average Bonchev–Trinajstić information content (AvgIpc) is 2.53. The molecule has 23 heavy (non-hydrogen) atoms. The van der Waals surface area contributed by atoms with Crippen LogP contribution in [0.5, 0.6) is 0 Å². The van der Waals surface area contributed by atoms with Crippen LogP contribution in [-0.4, -0.2) is 12.1 Å². The molecule has 0 spiro atoms. The highest BCUT2D eigenvalue weighted by molar-refractivity contribution is 6.42. The monoisotopic (exact) mass is 370 g/mol. The number of halogens is 3. The van der Waals surface area contributed by atoms with E-state index in [1.807, 2.05) is 0 Å². The van der Waals surface area contributed by atoms with Crippen LogP contribution in [0.3, 0.4) is 0 Å². The van der Waals surface area contributed by atoms with Crippen molar-refractivity contribution in [3.63, 3.8) is 0 Å². The van der Waals surface area contributed by atoms with Crippen LogP contribution < -0.4 is 5.32 Å². The highest BCUT2D eigenvalue weighted by atomic mass is 35.5. The Balaban J connectivity index is 1.72. The van der Waals surface area contributed by atoms with Crippen molar-refractivity contribution < 1.29 is 9.63 Å². The molecule has 0 aliphatic heterocycles. The SMILES string of the molecule is O=C(C/C=N/OCc1ccc(Cl)c(Cl)c1)Nc1ccc(Cl)cc1. The topological polar surface area (TPSA) is 50.7 Å². The average molecular weight is 372 g/mol. The number of rotatable bonds is 6. The third-order valence-corrected chi connectivity index (χ3v) is 3.76. The van der Waals surface area contributed by atoms with Gasteiger partial charge in [-0.3, -0.25) is 4.79 Å². The van der Waals surface area contributed by atoms with Crippen molar-refractivity contribution in [2.45, 2.75) is 13.0 Å². The molecule has 0 radical (unpaired) electrons. The third-order valence-electron chi connectivity index (χ3n) is 2.77. The van der Waals surface area contributed by atoms with Crippen molar-refractivity contribution in [2.24, 2.45) is 5.16 Å². The van der Waals surface area contributed by atoms with Gasteiger partial charge in [-0.2, -0.15) is 0 Å². The summed E-state index contributed by atoms with van der Waals surface area (Å²) in [6, 6.07) is 12.0. The fourth-order valence-electron chi connectivity index (χ4n) is 1.66. The van der Waals surface area contributed by atoms with Gasteiger partial charge in [0.2, 0.25) is 5.91 Å². The maximum Gasteiger partial charge on any atom is 0.229 e. The van der Waals surface area contributed by atoms with Crippen molar-refractivity contribution in [1.82, 2.24) is 0 Å². The first-order valence-corrected chi connectivity index (χ1v) is 7.81. The molecular formula is C16H13Cl3N2O2. The van der Waals surface area contributed by atoms with E-state index in [-0.39, 0.29) is 18.9 Å². The minimum Gasteiger partial charge on any atom is -0.391 e. The second kappa shape index (κ2) is 8.77. The summed E-state index contributed by atoms with van der Waals surface area (Å²) in [5, 5.41) is 8.00. The Hall–Kier alpha value is -1.75. The van der Waals surface area contributed by atoms with Crippen LogP contribution >= 0.6 is 34.8 Å². The van der Waals surface area contributed by atoms with Gasteiger partial charge in [0.05, 0.1) is 22.7 Å². The van der Waals surface area contributed by atoms with E-state index < -0.39 is 0 Å². The van der Waals surface area contributed by atoms with Gasteiger partial charge in [0, 0.05) is 10.7 Å². The van der Waals surface area contributed by atoms with Crippen molar-refractivity contribution in [3.8, 4) is 0 Å². The molecule has 0 unspecified atom stereocenters. The second-order valence-corrected chi connectivity index (χ2v) is 5.82. The van der Waals surface area contributed by atoms with E-state index in [1.165, 1.54) is 6.21 Å². The van der Waals surface area contributed by atoms with Gasteiger partial charge in [-0.1, -0.05) is 46.0 Å². The number of anilines is 1. The third kappa shape index (κ3) is 6.10. The molecule has 0 aliphatic carbocycles. The lowest BCUT2D eigenvalue weighted by Crippen LogP contribution is -2.11. The number of amides is 1. The Morgan fingerprint density at radius 2 is 1.83 bits per heavy atom. The summed E-state index contributed by atoms with van der Waals surface area (Å²) in [6.07, 6.45) is 1.49. The molecule has 2 rings (SSSR count). The minimum absolute atomic E-state index is 0.101. The molecule has 0 saturated heterocycles. The number of nitrogens with zero attached hydrogens (tertiary/aromatic N) is 1. The van der Waals surface area contributed by atoms with Crippen LogP contribution in [-0.2, 0) is 16.2 Å². The van der Waals surface area contributed by atoms with E-state index in [0.29, 0.717) is 20.8 Å². The van der Waals surface area contributed by atoms with E-state index in [2.05, 4.69) is 10.5 Å². The Morgan fingerprint density at radius 3 is 2.52 bits per heavy atom. The van der Waals surface area contributed by atoms with Crippen LogP contribution in [0.1, 0.15) is 12.0 Å². The zero-order valence-electron chi connectivity index (χ0n) is 11.9. The fourth-order valence-corrected chi connectivity index (χ4v) is 2.11. The molecule has 4 nitrogen and oxygen atoms in total. The highest BCUT2D eigenvalue weighted by Gasteiger charge is 2.01. The smallest absolute Gasteiger partial charge is 0.229 e. The van der Waals surface area contributed by atoms with Crippen LogP contribution in [0.4, 0.5) is 5.69 Å². The van der Waals surface area contributed by atoms with E-state index in [1.54, 1.807) is 42.5 Å². The summed E-state index contributed by atoms with van der Waals surface area (Å²) in [4.78, 5) is 16.8. The van der Waals surface area contributed by atoms with Crippen LogP contribution in [0, 0.1) is 0 Å². The van der Waals surface area contributed by atoms with Gasteiger partial charge in [-0.25, -0.2) is 0 Å². The first kappa shape index (κ1) is 17.6. The lowest BCUT2D eigenvalue weighted by atomic mass is 10.2. The quantitative estimate of drug-likeness (QED) is 0.562. The number of hydrogen-bond donors (Lipinski definition) is 1. The van der Waals surface area contributed by atoms with E-state index >= 15 is 0 Å². The van der Waals surface area contributed by atoms with Gasteiger partial charge < -0.3 is 10.2 Å². The summed E-state index contributed by atoms with van der Waals surface area (Å²) in [7, 11) is 0. The molecule has 1 N–H and O–H groups in total. The zero-order valence-corrected chi connectivity index (χ0v) is 14.2. The van der Waals surface area contributed by atoms with Crippen LogP contribution in [0.2, 0.25) is 15.1 Å². The molecule has 2 aromatic carbocycles. The van der Waals surface area contributed by atoms with Gasteiger partial charge in [0.25, 0.3) is 0 Å². The van der Waals surface area contributed by atoms with Gasteiger partial charge in [0.15, 0.2) is 0 Å². The molecule has 0 fully saturated rings. The summed E-state index contributed by atoms with van der Waals surface area (Å²) < 4.78 is 0. The Labute approximate surface area is 149 Å². The van der Waals surface area contributed by atoms with E-state index in [4.69, 9.17) is 39.6 Å². The van der Waals surface area contributed by atoms with Crippen molar-refractivity contribution in [3.05, 3.63) is 63.1 Å². The molecule has 7 heteroatoms. The molecule has 0 bridgehead atoms. The summed E-state index contributed by atoms with van der Waals surface area (Å²) in [5.74, 6) is -0.200. The molecule has 120 valence electrons. The lowest BCUT2D eigenvalue weighted by Gasteiger charge is -2.03. The first-order chi connectivity index (χ1) is 11.0. The Kier molecular flexibility index (Phi) is 6.71. The predicted molar refractivity (Wildman–Crippen MR) is 94.4 cm³/mol. The van der Waals surface area contributed by atoms with Crippen LogP contribution in [0.15, 0.2) is 47.6 Å². The van der Waals surface area contributed by atoms with Gasteiger partial charge in [-0.15, -0.1) is 0 Å². The van der Waals surface area contributed by atoms with Crippen molar-refractivity contribution >= 4 is 52.6 Å². The van der Waals surface area contributed by atoms with Gasteiger partial charge >= 0.3 is 0 Å². The normalized spacial score (nSPS) is 10.7. The molecule has 0 atom stereocenters. The standard InChI is InChI=1S/C16H13Cl3N2O2/c17-12-2-4-13(5-3-12)21-16(22)7-8-20-23-10-11-1-6-14(18)15(19)9-11/h1-6,8-9H,7,10H2,(H,21,22)/b20-8+. The van der Waals surface area contributed by atoms with Gasteiger partial charge in [0.1, 0.15) is 6.61 Å². The number of carbonyl (C=O) groups is 1. The van der Waals surface area contributed by atoms with Crippen molar-refractivity contribution in [2.75, 3.05) is 5.32 Å². The number of carbonyl (C=O) groups excluding carboxylic acids is 1. The van der Waals surface area contributed by atoms with Gasteiger partial charge in [-0.05, 0) is 42.0 Å². The zero-order chi connectivity index (χ0) is 16.7. The van der Waals surface area contributed by atoms with Crippen LogP contribution in [0.25, 0.3) is 0 Å². The summed E-state index contributed by atoms with van der Waals surface area (Å²) in [6.45, 7) is 0.242.